The van der Waals surface area contributed by atoms with Crippen LogP contribution in [0.25, 0.3) is 0 Å². The number of nitrogens with one attached hydrogen (secondary N) is 1. The first kappa shape index (κ1) is 13.9. The highest BCUT2D eigenvalue weighted by atomic mass is 32.2. The molecule has 0 fully saturated rings. The van der Waals surface area contributed by atoms with E-state index in [1.54, 1.807) is 18.0 Å². The van der Waals surface area contributed by atoms with Crippen molar-refractivity contribution in [3.63, 3.8) is 0 Å². The standard InChI is InChI=1S/C15H18N2OS/c1-16-11-13-7-8-14(12-17-13)18-9-10-19-15-5-3-2-4-6-15/h2-8,12,16H,9-11H2,1H3. The number of rotatable bonds is 7. The van der Waals surface area contributed by atoms with Gasteiger partial charge in [-0.25, -0.2) is 0 Å². The van der Waals surface area contributed by atoms with Crippen LogP contribution in [-0.4, -0.2) is 24.4 Å². The van der Waals surface area contributed by atoms with Gasteiger partial charge in [0.05, 0.1) is 18.5 Å². The quantitative estimate of drug-likeness (QED) is 0.622. The Bertz CT molecular complexity index is 473. The van der Waals surface area contributed by atoms with E-state index in [9.17, 15) is 0 Å². The Morgan fingerprint density at radius 3 is 2.68 bits per heavy atom. The van der Waals surface area contributed by atoms with Crippen LogP contribution in [0.5, 0.6) is 5.75 Å². The first-order chi connectivity index (χ1) is 9.38. The smallest absolute Gasteiger partial charge is 0.137 e. The van der Waals surface area contributed by atoms with Crippen molar-refractivity contribution in [3.8, 4) is 5.75 Å². The van der Waals surface area contributed by atoms with Gasteiger partial charge in [0.15, 0.2) is 0 Å². The molecular formula is C15H18N2OS. The van der Waals surface area contributed by atoms with E-state index >= 15 is 0 Å². The average Bonchev–Trinajstić information content (AvgIpc) is 2.47. The number of pyridine rings is 1. The fourth-order valence-corrected chi connectivity index (χ4v) is 2.37. The molecule has 0 bridgehead atoms. The minimum Gasteiger partial charge on any atom is -0.491 e. The zero-order chi connectivity index (χ0) is 13.3. The molecule has 1 aromatic carbocycles. The summed E-state index contributed by atoms with van der Waals surface area (Å²) in [5, 5.41) is 3.07. The molecule has 0 aliphatic heterocycles. The number of hydrogen-bond donors (Lipinski definition) is 1. The second-order valence-electron chi connectivity index (χ2n) is 4.03. The monoisotopic (exact) mass is 274 g/mol. The number of benzene rings is 1. The van der Waals surface area contributed by atoms with Gasteiger partial charge in [0, 0.05) is 17.2 Å². The van der Waals surface area contributed by atoms with Crippen LogP contribution in [0.3, 0.4) is 0 Å². The van der Waals surface area contributed by atoms with Crippen molar-refractivity contribution in [2.24, 2.45) is 0 Å². The molecule has 0 amide bonds. The molecule has 1 heterocycles. The van der Waals surface area contributed by atoms with E-state index < -0.39 is 0 Å². The molecule has 0 unspecified atom stereocenters. The van der Waals surface area contributed by atoms with E-state index in [1.165, 1.54) is 4.90 Å². The minimum atomic E-state index is 0.687. The molecule has 19 heavy (non-hydrogen) atoms. The first-order valence-corrected chi connectivity index (χ1v) is 7.27. The maximum atomic E-state index is 5.66. The topological polar surface area (TPSA) is 34.1 Å². The lowest BCUT2D eigenvalue weighted by atomic mass is 10.3. The van der Waals surface area contributed by atoms with E-state index in [-0.39, 0.29) is 0 Å². The molecule has 2 rings (SSSR count). The Morgan fingerprint density at radius 2 is 2.00 bits per heavy atom. The summed E-state index contributed by atoms with van der Waals surface area (Å²) in [6.07, 6.45) is 1.78. The summed E-state index contributed by atoms with van der Waals surface area (Å²) in [5.41, 5.74) is 1.02. The first-order valence-electron chi connectivity index (χ1n) is 6.28. The van der Waals surface area contributed by atoms with Crippen molar-refractivity contribution in [1.82, 2.24) is 10.3 Å². The molecule has 0 saturated carbocycles. The Kier molecular flexibility index (Phi) is 5.72. The van der Waals surface area contributed by atoms with E-state index in [4.69, 9.17) is 4.74 Å². The molecule has 4 heteroatoms. The van der Waals surface area contributed by atoms with Crippen molar-refractivity contribution in [2.45, 2.75) is 11.4 Å². The normalized spacial score (nSPS) is 10.4. The lowest BCUT2D eigenvalue weighted by molar-refractivity contribution is 0.342. The Morgan fingerprint density at radius 1 is 1.16 bits per heavy atom. The highest BCUT2D eigenvalue weighted by Gasteiger charge is 1.97. The molecule has 0 aliphatic carbocycles. The largest absolute Gasteiger partial charge is 0.491 e. The van der Waals surface area contributed by atoms with Gasteiger partial charge in [-0.05, 0) is 31.3 Å². The zero-order valence-corrected chi connectivity index (χ0v) is 11.8. The number of ether oxygens (including phenoxy) is 1. The zero-order valence-electron chi connectivity index (χ0n) is 11.0. The minimum absolute atomic E-state index is 0.687. The van der Waals surface area contributed by atoms with Gasteiger partial charge in [-0.1, -0.05) is 18.2 Å². The predicted octanol–water partition coefficient (Wildman–Crippen LogP) is 2.97. The summed E-state index contributed by atoms with van der Waals surface area (Å²) in [4.78, 5) is 5.58. The van der Waals surface area contributed by atoms with Crippen LogP contribution < -0.4 is 10.1 Å². The SMILES string of the molecule is CNCc1ccc(OCCSc2ccccc2)cn1. The maximum Gasteiger partial charge on any atom is 0.137 e. The van der Waals surface area contributed by atoms with Crippen molar-refractivity contribution in [1.29, 1.82) is 0 Å². The van der Waals surface area contributed by atoms with Gasteiger partial charge in [-0.3, -0.25) is 4.98 Å². The number of nitrogens with zero attached hydrogens (tertiary/aromatic N) is 1. The van der Waals surface area contributed by atoms with Gasteiger partial charge in [0.1, 0.15) is 5.75 Å². The van der Waals surface area contributed by atoms with Gasteiger partial charge in [-0.2, -0.15) is 0 Å². The summed E-state index contributed by atoms with van der Waals surface area (Å²) in [5.74, 6) is 1.76. The fourth-order valence-electron chi connectivity index (χ4n) is 1.62. The van der Waals surface area contributed by atoms with Crippen LogP contribution in [0.15, 0.2) is 53.6 Å². The Hall–Kier alpha value is -1.52. The van der Waals surface area contributed by atoms with Gasteiger partial charge >= 0.3 is 0 Å². The molecular weight excluding hydrogens is 256 g/mol. The van der Waals surface area contributed by atoms with Gasteiger partial charge in [0.2, 0.25) is 0 Å². The third-order valence-corrected chi connectivity index (χ3v) is 3.50. The van der Waals surface area contributed by atoms with Gasteiger partial charge in [-0.15, -0.1) is 11.8 Å². The van der Waals surface area contributed by atoms with Gasteiger partial charge < -0.3 is 10.1 Å². The summed E-state index contributed by atoms with van der Waals surface area (Å²) in [7, 11) is 1.91. The molecule has 2 aromatic rings. The number of hydrogen-bond acceptors (Lipinski definition) is 4. The highest BCUT2D eigenvalue weighted by Crippen LogP contribution is 2.17. The van der Waals surface area contributed by atoms with Crippen molar-refractivity contribution >= 4 is 11.8 Å². The third-order valence-electron chi connectivity index (χ3n) is 2.52. The lowest BCUT2D eigenvalue weighted by Gasteiger charge is -2.06. The van der Waals surface area contributed by atoms with Gasteiger partial charge in [0.25, 0.3) is 0 Å². The van der Waals surface area contributed by atoms with Crippen LogP contribution in [0, 0.1) is 0 Å². The summed E-state index contributed by atoms with van der Waals surface area (Å²) in [6.45, 7) is 1.47. The van der Waals surface area contributed by atoms with Crippen LogP contribution in [0.4, 0.5) is 0 Å². The summed E-state index contributed by atoms with van der Waals surface area (Å²) in [6, 6.07) is 14.3. The number of thioether (sulfide) groups is 1. The summed E-state index contributed by atoms with van der Waals surface area (Å²) < 4.78 is 5.66. The number of aromatic nitrogens is 1. The third kappa shape index (κ3) is 4.93. The molecule has 0 saturated heterocycles. The molecule has 0 atom stereocenters. The second kappa shape index (κ2) is 7.81. The van der Waals surface area contributed by atoms with E-state index in [1.807, 2.05) is 37.4 Å². The van der Waals surface area contributed by atoms with Crippen LogP contribution in [0.1, 0.15) is 5.69 Å². The molecule has 0 spiro atoms. The lowest BCUT2D eigenvalue weighted by Crippen LogP contribution is -2.07. The average molecular weight is 274 g/mol. The molecule has 3 nitrogen and oxygen atoms in total. The summed E-state index contributed by atoms with van der Waals surface area (Å²) >= 11 is 1.80. The Balaban J connectivity index is 1.70. The Labute approximate surface area is 118 Å². The van der Waals surface area contributed by atoms with Crippen LogP contribution in [-0.2, 0) is 6.54 Å². The second-order valence-corrected chi connectivity index (χ2v) is 5.19. The predicted molar refractivity (Wildman–Crippen MR) is 79.7 cm³/mol. The molecule has 1 N–H and O–H groups in total. The highest BCUT2D eigenvalue weighted by molar-refractivity contribution is 7.99. The van der Waals surface area contributed by atoms with Crippen LogP contribution >= 0.6 is 11.8 Å². The molecule has 100 valence electrons. The van der Waals surface area contributed by atoms with Crippen molar-refractivity contribution < 1.29 is 4.74 Å². The molecule has 0 radical (unpaired) electrons. The molecule has 1 aromatic heterocycles. The van der Waals surface area contributed by atoms with Crippen molar-refractivity contribution in [3.05, 3.63) is 54.4 Å². The maximum absolute atomic E-state index is 5.66. The van der Waals surface area contributed by atoms with Crippen LogP contribution in [0.2, 0.25) is 0 Å². The van der Waals surface area contributed by atoms with E-state index in [2.05, 4.69) is 22.4 Å². The van der Waals surface area contributed by atoms with E-state index in [0.717, 1.165) is 23.7 Å². The van der Waals surface area contributed by atoms with E-state index in [0.29, 0.717) is 6.61 Å². The fraction of sp³-hybridized carbons (Fsp3) is 0.267. The van der Waals surface area contributed by atoms with Crippen molar-refractivity contribution in [2.75, 3.05) is 19.4 Å². The molecule has 0 aliphatic rings.